The van der Waals surface area contributed by atoms with Gasteiger partial charge in [0.25, 0.3) is 15.9 Å². The molecular formula is C29H42ClN3O6S. The Morgan fingerprint density at radius 2 is 1.85 bits per heavy atom. The van der Waals surface area contributed by atoms with Gasteiger partial charge in [-0.3, -0.25) is 9.52 Å². The highest BCUT2D eigenvalue weighted by Gasteiger charge is 2.30. The second kappa shape index (κ2) is 14.5. The van der Waals surface area contributed by atoms with Crippen LogP contribution in [0.25, 0.3) is 0 Å². The van der Waals surface area contributed by atoms with E-state index < -0.39 is 16.1 Å². The Kier molecular flexibility index (Phi) is 11.7. The van der Waals surface area contributed by atoms with E-state index in [1.165, 1.54) is 30.3 Å². The van der Waals surface area contributed by atoms with Gasteiger partial charge in [-0.1, -0.05) is 18.5 Å². The van der Waals surface area contributed by atoms with Gasteiger partial charge >= 0.3 is 0 Å². The first-order valence-corrected chi connectivity index (χ1v) is 15.5. The number of nitrogens with one attached hydrogen (secondary N) is 1. The number of amides is 1. The molecule has 40 heavy (non-hydrogen) atoms. The van der Waals surface area contributed by atoms with Crippen LogP contribution in [0.1, 0.15) is 50.4 Å². The molecule has 0 bridgehead atoms. The number of carbonyl (C=O) groups is 1. The number of fused-ring (bicyclic) bond motifs is 1. The van der Waals surface area contributed by atoms with Crippen molar-refractivity contribution in [1.29, 1.82) is 0 Å². The summed E-state index contributed by atoms with van der Waals surface area (Å²) in [6.07, 6.45) is 2.28. The van der Waals surface area contributed by atoms with Gasteiger partial charge in [0, 0.05) is 36.3 Å². The van der Waals surface area contributed by atoms with Crippen molar-refractivity contribution < 1.29 is 27.8 Å². The minimum atomic E-state index is -3.93. The number of aliphatic hydroxyl groups is 1. The third-order valence-electron chi connectivity index (χ3n) is 6.97. The molecule has 0 saturated heterocycles. The molecule has 0 aliphatic carbocycles. The normalized spacial score (nSPS) is 22.2. The Labute approximate surface area is 243 Å². The van der Waals surface area contributed by atoms with E-state index >= 15 is 0 Å². The average molecular weight is 596 g/mol. The lowest BCUT2D eigenvalue weighted by molar-refractivity contribution is -0.0137. The summed E-state index contributed by atoms with van der Waals surface area (Å²) in [6, 6.07) is 10.1. The summed E-state index contributed by atoms with van der Waals surface area (Å²) in [5.41, 5.74) is 0.440. The molecule has 1 amide bonds. The van der Waals surface area contributed by atoms with Crippen molar-refractivity contribution in [3.05, 3.63) is 53.1 Å². The number of likely N-dealkylation sites (N-methyl/N-ethyl adjacent to an activating group) is 1. The molecule has 1 aliphatic heterocycles. The van der Waals surface area contributed by atoms with Crippen LogP contribution in [0.15, 0.2) is 47.4 Å². The molecule has 3 rings (SSSR count). The Morgan fingerprint density at radius 1 is 1.15 bits per heavy atom. The maximum Gasteiger partial charge on any atom is 0.261 e. The van der Waals surface area contributed by atoms with Crippen molar-refractivity contribution in [3.63, 3.8) is 0 Å². The number of sulfonamides is 1. The lowest BCUT2D eigenvalue weighted by Gasteiger charge is -2.35. The predicted molar refractivity (Wildman–Crippen MR) is 158 cm³/mol. The van der Waals surface area contributed by atoms with Crippen molar-refractivity contribution >= 4 is 33.2 Å². The van der Waals surface area contributed by atoms with Crippen LogP contribution < -0.4 is 9.46 Å². The number of benzene rings is 2. The van der Waals surface area contributed by atoms with E-state index in [9.17, 15) is 18.3 Å². The van der Waals surface area contributed by atoms with Gasteiger partial charge in [-0.2, -0.15) is 0 Å². The first-order chi connectivity index (χ1) is 18.9. The molecule has 11 heteroatoms. The second-order valence-electron chi connectivity index (χ2n) is 10.8. The lowest BCUT2D eigenvalue weighted by Crippen LogP contribution is -2.47. The number of carbonyl (C=O) groups excluding carboxylic acids is 1. The summed E-state index contributed by atoms with van der Waals surface area (Å²) in [5.74, 6) is -0.0186. The summed E-state index contributed by atoms with van der Waals surface area (Å²) in [7, 11) is 0.0459. The van der Waals surface area contributed by atoms with Crippen molar-refractivity contribution in [3.8, 4) is 5.75 Å². The Bertz CT molecular complexity index is 1220. The van der Waals surface area contributed by atoms with Crippen molar-refractivity contribution in [1.82, 2.24) is 9.80 Å². The predicted octanol–water partition coefficient (Wildman–Crippen LogP) is 4.50. The van der Waals surface area contributed by atoms with Crippen LogP contribution in [0.2, 0.25) is 5.02 Å². The number of hydrogen-bond acceptors (Lipinski definition) is 7. The highest BCUT2D eigenvalue weighted by Crippen LogP contribution is 2.29. The molecule has 2 aromatic carbocycles. The molecule has 0 radical (unpaired) electrons. The molecule has 2 aromatic rings. The van der Waals surface area contributed by atoms with E-state index in [-0.39, 0.29) is 46.8 Å². The van der Waals surface area contributed by atoms with Gasteiger partial charge in [-0.05, 0) is 89.7 Å². The Balaban J connectivity index is 2.02. The van der Waals surface area contributed by atoms with E-state index in [4.69, 9.17) is 21.1 Å². The highest BCUT2D eigenvalue weighted by molar-refractivity contribution is 7.92. The third kappa shape index (κ3) is 8.81. The number of ether oxygens (including phenoxy) is 2. The molecule has 0 fully saturated rings. The molecular weight excluding hydrogens is 554 g/mol. The van der Waals surface area contributed by atoms with Crippen molar-refractivity contribution in [2.75, 3.05) is 45.1 Å². The SMILES string of the molecule is C[C@@H]1CCCCO[C@H](CN(C)C)[C@H](C)CN([C@@H](C)CO)C(=O)c2cc(NS(=O)(=O)c3ccc(Cl)cc3)ccc2O1. The molecule has 1 heterocycles. The van der Waals surface area contributed by atoms with Crippen LogP contribution in [0.5, 0.6) is 5.75 Å². The molecule has 222 valence electrons. The standard InChI is InChI=1S/C29H42ClN3O6S/c1-20-17-33(21(2)19-34)29(35)26-16-24(31-40(36,37)25-12-9-23(30)10-13-25)11-14-27(26)39-22(3)8-6-7-15-38-28(20)18-32(4)5/h9-14,16,20-22,28,31,34H,6-8,15,17-19H2,1-5H3/t20-,21+,22-,28-/m1/s1. The number of anilines is 1. The number of rotatable bonds is 7. The van der Waals surface area contributed by atoms with Gasteiger partial charge < -0.3 is 24.4 Å². The van der Waals surface area contributed by atoms with E-state index in [0.717, 1.165) is 19.3 Å². The first-order valence-electron chi connectivity index (χ1n) is 13.7. The molecule has 0 spiro atoms. The third-order valence-corrected chi connectivity index (χ3v) is 8.62. The molecule has 0 aromatic heterocycles. The number of nitrogens with zero attached hydrogens (tertiary/aromatic N) is 2. The van der Waals surface area contributed by atoms with Crippen LogP contribution in [0, 0.1) is 5.92 Å². The van der Waals surface area contributed by atoms with Crippen LogP contribution >= 0.6 is 11.6 Å². The Hall–Kier alpha value is -2.37. The molecule has 4 atom stereocenters. The summed E-state index contributed by atoms with van der Waals surface area (Å²) in [5, 5.41) is 10.5. The maximum absolute atomic E-state index is 14.1. The fraction of sp³-hybridized carbons (Fsp3) is 0.552. The van der Waals surface area contributed by atoms with E-state index in [1.807, 2.05) is 27.9 Å². The van der Waals surface area contributed by atoms with Gasteiger partial charge in [-0.15, -0.1) is 0 Å². The molecule has 0 saturated carbocycles. The van der Waals surface area contributed by atoms with E-state index in [0.29, 0.717) is 30.5 Å². The van der Waals surface area contributed by atoms with Crippen LogP contribution in [0.3, 0.4) is 0 Å². The van der Waals surface area contributed by atoms with E-state index in [1.54, 1.807) is 24.0 Å². The van der Waals surface area contributed by atoms with Crippen molar-refractivity contribution in [2.45, 2.75) is 63.2 Å². The van der Waals surface area contributed by atoms with Gasteiger partial charge in [0.2, 0.25) is 0 Å². The first kappa shape index (κ1) is 32.1. The molecule has 2 N–H and O–H groups in total. The van der Waals surface area contributed by atoms with Crippen LogP contribution in [-0.2, 0) is 14.8 Å². The quantitative estimate of drug-likeness (QED) is 0.485. The highest BCUT2D eigenvalue weighted by atomic mass is 35.5. The number of halogens is 1. The number of aliphatic hydroxyl groups excluding tert-OH is 1. The number of hydrogen-bond donors (Lipinski definition) is 2. The van der Waals surface area contributed by atoms with Gasteiger partial charge in [0.15, 0.2) is 0 Å². The molecule has 0 unspecified atom stereocenters. The fourth-order valence-corrected chi connectivity index (χ4v) is 5.81. The average Bonchev–Trinajstić information content (AvgIpc) is 2.90. The lowest BCUT2D eigenvalue weighted by atomic mass is 10.0. The zero-order chi connectivity index (χ0) is 29.4. The smallest absolute Gasteiger partial charge is 0.261 e. The monoisotopic (exact) mass is 595 g/mol. The van der Waals surface area contributed by atoms with E-state index in [2.05, 4.69) is 9.62 Å². The molecule has 1 aliphatic rings. The van der Waals surface area contributed by atoms with Gasteiger partial charge in [-0.25, -0.2) is 8.42 Å². The zero-order valence-electron chi connectivity index (χ0n) is 24.0. The fourth-order valence-electron chi connectivity index (χ4n) is 4.64. The van der Waals surface area contributed by atoms with Crippen molar-refractivity contribution in [2.24, 2.45) is 5.92 Å². The summed E-state index contributed by atoms with van der Waals surface area (Å²) in [4.78, 5) is 17.8. The Morgan fingerprint density at radius 3 is 2.50 bits per heavy atom. The van der Waals surface area contributed by atoms with Crippen LogP contribution in [-0.4, -0.2) is 87.9 Å². The largest absolute Gasteiger partial charge is 0.490 e. The minimum absolute atomic E-state index is 0.0295. The second-order valence-corrected chi connectivity index (χ2v) is 13.0. The van der Waals surface area contributed by atoms with Crippen LogP contribution in [0.4, 0.5) is 5.69 Å². The zero-order valence-corrected chi connectivity index (χ0v) is 25.5. The molecule has 9 nitrogen and oxygen atoms in total. The topological polar surface area (TPSA) is 108 Å². The summed E-state index contributed by atoms with van der Waals surface area (Å²) >= 11 is 5.92. The summed E-state index contributed by atoms with van der Waals surface area (Å²) in [6.45, 7) is 7.20. The summed E-state index contributed by atoms with van der Waals surface area (Å²) < 4.78 is 41.1. The van der Waals surface area contributed by atoms with Gasteiger partial charge in [0.1, 0.15) is 5.75 Å². The minimum Gasteiger partial charge on any atom is -0.490 e. The maximum atomic E-state index is 14.1. The van der Waals surface area contributed by atoms with Gasteiger partial charge in [0.05, 0.1) is 35.3 Å².